The molecule has 76 valence electrons. The fraction of sp³-hybridized carbons (Fsp3) is 0.455. The van der Waals surface area contributed by atoms with Crippen LogP contribution in [0.2, 0.25) is 5.02 Å². The first-order chi connectivity index (χ1) is 6.86. The molecule has 0 amide bonds. The van der Waals surface area contributed by atoms with Gasteiger partial charge < -0.3 is 5.32 Å². The Kier molecular flexibility index (Phi) is 3.74. The van der Waals surface area contributed by atoms with E-state index in [-0.39, 0.29) is 0 Å². The Morgan fingerprint density at radius 2 is 2.29 bits per heavy atom. The molecular formula is C11H14ClNS. The molecule has 1 aliphatic rings. The van der Waals surface area contributed by atoms with Gasteiger partial charge in [-0.25, -0.2) is 0 Å². The fourth-order valence-electron chi connectivity index (χ4n) is 1.65. The van der Waals surface area contributed by atoms with Crippen molar-refractivity contribution in [2.75, 3.05) is 12.3 Å². The lowest BCUT2D eigenvalue weighted by Crippen LogP contribution is -2.23. The summed E-state index contributed by atoms with van der Waals surface area (Å²) in [7, 11) is 0. The molecule has 0 unspecified atom stereocenters. The van der Waals surface area contributed by atoms with Crippen molar-refractivity contribution >= 4 is 23.4 Å². The molecule has 1 heterocycles. The number of hydrogen-bond donors (Lipinski definition) is 1. The summed E-state index contributed by atoms with van der Waals surface area (Å²) < 4.78 is 0. The minimum Gasteiger partial charge on any atom is -0.313 e. The highest BCUT2D eigenvalue weighted by atomic mass is 35.5. The lowest BCUT2D eigenvalue weighted by molar-refractivity contribution is 0.674. The second-order valence-electron chi connectivity index (χ2n) is 3.53. The van der Waals surface area contributed by atoms with Crippen LogP contribution in [0.3, 0.4) is 0 Å². The molecule has 2 rings (SSSR count). The molecule has 1 aromatic rings. The second kappa shape index (κ2) is 5.06. The average molecular weight is 228 g/mol. The Morgan fingerprint density at radius 1 is 1.43 bits per heavy atom. The van der Waals surface area contributed by atoms with Gasteiger partial charge in [0.25, 0.3) is 0 Å². The van der Waals surface area contributed by atoms with Crippen molar-refractivity contribution < 1.29 is 0 Å². The predicted molar refractivity (Wildman–Crippen MR) is 63.2 cm³/mol. The van der Waals surface area contributed by atoms with Crippen molar-refractivity contribution in [1.82, 2.24) is 5.32 Å². The van der Waals surface area contributed by atoms with E-state index in [0.29, 0.717) is 6.04 Å². The van der Waals surface area contributed by atoms with Gasteiger partial charge in [-0.15, -0.1) is 11.8 Å². The summed E-state index contributed by atoms with van der Waals surface area (Å²) in [6.45, 7) is 1.17. The highest BCUT2D eigenvalue weighted by Crippen LogP contribution is 2.28. The number of thioether (sulfide) groups is 1. The van der Waals surface area contributed by atoms with Gasteiger partial charge in [0, 0.05) is 16.7 Å². The van der Waals surface area contributed by atoms with E-state index in [1.165, 1.54) is 24.3 Å². The van der Waals surface area contributed by atoms with Gasteiger partial charge in [-0.3, -0.25) is 0 Å². The van der Waals surface area contributed by atoms with Gasteiger partial charge >= 0.3 is 0 Å². The van der Waals surface area contributed by atoms with Gasteiger partial charge in [-0.1, -0.05) is 23.7 Å². The van der Waals surface area contributed by atoms with E-state index in [0.717, 1.165) is 10.8 Å². The molecule has 3 heteroatoms. The number of halogens is 1. The SMILES string of the molecule is Clc1ccccc1SC[C@@H]1CCCN1. The smallest absolute Gasteiger partial charge is 0.0541 e. The Labute approximate surface area is 94.2 Å². The van der Waals surface area contributed by atoms with Gasteiger partial charge in [0.15, 0.2) is 0 Å². The molecule has 0 radical (unpaired) electrons. The lowest BCUT2D eigenvalue weighted by Gasteiger charge is -2.09. The summed E-state index contributed by atoms with van der Waals surface area (Å²) in [5.41, 5.74) is 0. The van der Waals surface area contributed by atoms with E-state index in [9.17, 15) is 0 Å². The molecule has 0 aromatic heterocycles. The normalized spacial score (nSPS) is 21.4. The zero-order valence-corrected chi connectivity index (χ0v) is 9.57. The van der Waals surface area contributed by atoms with Gasteiger partial charge in [0.1, 0.15) is 0 Å². The Morgan fingerprint density at radius 3 is 3.00 bits per heavy atom. The zero-order valence-electron chi connectivity index (χ0n) is 8.00. The van der Waals surface area contributed by atoms with Crippen molar-refractivity contribution in [1.29, 1.82) is 0 Å². The molecule has 0 aliphatic carbocycles. The molecule has 0 saturated carbocycles. The standard InChI is InChI=1S/C11H14ClNS/c12-10-5-1-2-6-11(10)14-8-9-4-3-7-13-9/h1-2,5-6,9,13H,3-4,7-8H2/t9-/m0/s1. The molecular weight excluding hydrogens is 214 g/mol. The van der Waals surface area contributed by atoms with Gasteiger partial charge in [0.05, 0.1) is 5.02 Å². The summed E-state index contributed by atoms with van der Waals surface area (Å²) in [5.74, 6) is 1.13. The van der Waals surface area contributed by atoms with Gasteiger partial charge in [0.2, 0.25) is 0 Å². The van der Waals surface area contributed by atoms with Crippen molar-refractivity contribution in [3.63, 3.8) is 0 Å². The van der Waals surface area contributed by atoms with E-state index >= 15 is 0 Å². The molecule has 1 aromatic carbocycles. The maximum Gasteiger partial charge on any atom is 0.0541 e. The van der Waals surface area contributed by atoms with Crippen LogP contribution >= 0.6 is 23.4 Å². The van der Waals surface area contributed by atoms with Crippen LogP contribution in [0.1, 0.15) is 12.8 Å². The summed E-state index contributed by atoms with van der Waals surface area (Å²) in [6, 6.07) is 8.72. The van der Waals surface area contributed by atoms with Crippen molar-refractivity contribution in [3.8, 4) is 0 Å². The number of nitrogens with one attached hydrogen (secondary N) is 1. The van der Waals surface area contributed by atoms with E-state index in [4.69, 9.17) is 11.6 Å². The second-order valence-corrected chi connectivity index (χ2v) is 5.00. The van der Waals surface area contributed by atoms with Crippen molar-refractivity contribution in [2.24, 2.45) is 0 Å². The first-order valence-electron chi connectivity index (χ1n) is 4.97. The quantitative estimate of drug-likeness (QED) is 0.797. The molecule has 0 bridgehead atoms. The van der Waals surface area contributed by atoms with Crippen LogP contribution in [-0.4, -0.2) is 18.3 Å². The Bertz CT molecular complexity index is 297. The third-order valence-corrected chi connectivity index (χ3v) is 4.12. The van der Waals surface area contributed by atoms with Crippen LogP contribution in [0.15, 0.2) is 29.2 Å². The number of benzene rings is 1. The molecule has 1 N–H and O–H groups in total. The molecule has 14 heavy (non-hydrogen) atoms. The van der Waals surface area contributed by atoms with Crippen molar-refractivity contribution in [2.45, 2.75) is 23.8 Å². The molecule has 0 spiro atoms. The van der Waals surface area contributed by atoms with Crippen LogP contribution in [0.25, 0.3) is 0 Å². The number of rotatable bonds is 3. The lowest BCUT2D eigenvalue weighted by atomic mass is 10.3. The third-order valence-electron chi connectivity index (χ3n) is 2.44. The number of hydrogen-bond acceptors (Lipinski definition) is 2. The maximum absolute atomic E-state index is 6.07. The monoisotopic (exact) mass is 227 g/mol. The zero-order chi connectivity index (χ0) is 9.80. The minimum atomic E-state index is 0.677. The largest absolute Gasteiger partial charge is 0.313 e. The predicted octanol–water partition coefficient (Wildman–Crippen LogP) is 3.18. The van der Waals surface area contributed by atoms with Gasteiger partial charge in [-0.05, 0) is 31.5 Å². The molecule has 1 saturated heterocycles. The summed E-state index contributed by atoms with van der Waals surface area (Å²) >= 11 is 7.92. The van der Waals surface area contributed by atoms with E-state index in [2.05, 4.69) is 11.4 Å². The van der Waals surface area contributed by atoms with E-state index in [1.54, 1.807) is 0 Å². The van der Waals surface area contributed by atoms with E-state index in [1.807, 2.05) is 30.0 Å². The minimum absolute atomic E-state index is 0.677. The fourth-order valence-corrected chi connectivity index (χ4v) is 3.00. The van der Waals surface area contributed by atoms with Gasteiger partial charge in [-0.2, -0.15) is 0 Å². The molecule has 1 aliphatic heterocycles. The summed E-state index contributed by atoms with van der Waals surface area (Å²) in [4.78, 5) is 1.20. The summed E-state index contributed by atoms with van der Waals surface area (Å²) in [5, 5.41) is 4.35. The van der Waals surface area contributed by atoms with Crippen LogP contribution < -0.4 is 5.32 Å². The van der Waals surface area contributed by atoms with Crippen LogP contribution in [0.5, 0.6) is 0 Å². The Hall–Kier alpha value is -0.180. The molecule has 1 atom stereocenters. The maximum atomic E-state index is 6.07. The highest BCUT2D eigenvalue weighted by Gasteiger charge is 2.14. The van der Waals surface area contributed by atoms with Crippen LogP contribution in [0, 0.1) is 0 Å². The topological polar surface area (TPSA) is 12.0 Å². The van der Waals surface area contributed by atoms with E-state index < -0.39 is 0 Å². The first-order valence-corrected chi connectivity index (χ1v) is 6.33. The third kappa shape index (κ3) is 2.66. The summed E-state index contributed by atoms with van der Waals surface area (Å²) in [6.07, 6.45) is 2.62. The highest BCUT2D eigenvalue weighted by molar-refractivity contribution is 7.99. The Balaban J connectivity index is 1.88. The molecule has 1 fully saturated rings. The van der Waals surface area contributed by atoms with Crippen molar-refractivity contribution in [3.05, 3.63) is 29.3 Å². The van der Waals surface area contributed by atoms with Crippen LogP contribution in [-0.2, 0) is 0 Å². The average Bonchev–Trinajstić information content (AvgIpc) is 2.69. The van der Waals surface area contributed by atoms with Crippen LogP contribution in [0.4, 0.5) is 0 Å². The first kappa shape index (κ1) is 10.3. The molecule has 1 nitrogen and oxygen atoms in total.